The van der Waals surface area contributed by atoms with Gasteiger partial charge in [0, 0.05) is 42.8 Å². The molecule has 0 bridgehead atoms. The molecule has 0 amide bonds. The van der Waals surface area contributed by atoms with E-state index in [-0.39, 0.29) is 64.0 Å². The number of pyridine rings is 2. The Morgan fingerprint density at radius 1 is 0.480 bits per heavy atom. The molecule has 364 valence electrons. The molecule has 0 atom stereocenters. The van der Waals surface area contributed by atoms with Crippen molar-refractivity contribution in [1.29, 1.82) is 0 Å². The Bertz CT molecular complexity index is 3510. The zero-order valence-corrected chi connectivity index (χ0v) is 45.8. The molecule has 0 spiro atoms. The van der Waals surface area contributed by atoms with Crippen molar-refractivity contribution in [2.75, 3.05) is 0 Å². The number of nitrogens with zero attached hydrogens (tertiary/aromatic N) is 12. The Morgan fingerprint density at radius 3 is 1.21 bits per heavy atom. The van der Waals surface area contributed by atoms with Crippen molar-refractivity contribution in [3.63, 3.8) is 0 Å². The quantitative estimate of drug-likeness (QED) is 0.0414. The zero-order chi connectivity index (χ0) is 50.0. The van der Waals surface area contributed by atoms with Gasteiger partial charge in [0.2, 0.25) is 0 Å². The molecule has 21 heteroatoms. The summed E-state index contributed by atoms with van der Waals surface area (Å²) in [5.74, 6) is 0.291. The molecule has 11 rings (SSSR count). The Balaban J connectivity index is 0.000000197. The van der Waals surface area contributed by atoms with Crippen LogP contribution in [0, 0.1) is 0 Å². The number of hydrogen-bond donors (Lipinski definition) is 0. The predicted molar refractivity (Wildman–Crippen MR) is 267 cm³/mol. The van der Waals surface area contributed by atoms with Crippen molar-refractivity contribution in [3.8, 4) is 28.0 Å². The van der Waals surface area contributed by atoms with Crippen LogP contribution in [0.25, 0.3) is 44.1 Å². The van der Waals surface area contributed by atoms with Gasteiger partial charge in [0.05, 0.1) is 71.2 Å². The van der Waals surface area contributed by atoms with E-state index in [2.05, 4.69) is 92.1 Å². The molecule has 0 aliphatic carbocycles. The molecule has 6 aromatic carbocycles. The average Bonchev–Trinajstić information content (AvgIpc) is 4.19. The summed E-state index contributed by atoms with van der Waals surface area (Å²) in [4.78, 5) is 15.6. The molecule has 0 saturated heterocycles. The second-order valence-corrected chi connectivity index (χ2v) is 18.4. The van der Waals surface area contributed by atoms with E-state index in [0.29, 0.717) is 56.1 Å². The summed E-state index contributed by atoms with van der Waals surface area (Å²) in [7, 11) is -4.51. The summed E-state index contributed by atoms with van der Waals surface area (Å²) in [6.45, 7) is 3.80. The molecule has 5 aromatic heterocycles. The van der Waals surface area contributed by atoms with Gasteiger partial charge in [0.25, 0.3) is 0 Å². The molecule has 0 N–H and O–H groups in total. The summed E-state index contributed by atoms with van der Waals surface area (Å²) < 4.78 is 39.3. The Kier molecular flexibility index (Phi) is 18.6. The molecule has 18 nitrogen and oxygen atoms in total. The van der Waals surface area contributed by atoms with Crippen molar-refractivity contribution in [1.82, 2.24) is 59.8 Å². The van der Waals surface area contributed by atoms with E-state index in [1.807, 2.05) is 124 Å². The molecular formula is C54H44N12Na2O6S. The van der Waals surface area contributed by atoms with Gasteiger partial charge < -0.3 is 14.7 Å². The third kappa shape index (κ3) is 14.1. The van der Waals surface area contributed by atoms with Crippen LogP contribution >= 0.6 is 0 Å². The monoisotopic (exact) mass is 1030 g/mol. The van der Waals surface area contributed by atoms with E-state index in [1.54, 1.807) is 36.7 Å². The van der Waals surface area contributed by atoms with Crippen LogP contribution in [-0.2, 0) is 54.4 Å². The summed E-state index contributed by atoms with van der Waals surface area (Å²) in [6, 6.07) is 51.0. The van der Waals surface area contributed by atoms with Crippen LogP contribution in [0.5, 0.6) is 5.75 Å². The maximum absolute atomic E-state index is 11.2. The number of aromatic nitrogens is 11. The first-order chi connectivity index (χ1) is 35.7. The topological polar surface area (TPSA) is 220 Å². The summed E-state index contributed by atoms with van der Waals surface area (Å²) >= 11 is 0. The number of rotatable bonds is 17. The fourth-order valence-corrected chi connectivity index (χ4v) is 8.96. The van der Waals surface area contributed by atoms with Crippen molar-refractivity contribution in [2.45, 2.75) is 44.2 Å². The molecule has 5 heterocycles. The molecule has 0 radical (unpaired) electrons. The van der Waals surface area contributed by atoms with Crippen LogP contribution < -0.4 is 69.3 Å². The van der Waals surface area contributed by atoms with Crippen molar-refractivity contribution >= 4 is 31.9 Å². The molecule has 75 heavy (non-hydrogen) atoms. The second kappa shape index (κ2) is 25.6. The first-order valence-electron chi connectivity index (χ1n) is 23.0. The van der Waals surface area contributed by atoms with Gasteiger partial charge in [0.15, 0.2) is 5.75 Å². The van der Waals surface area contributed by atoms with Crippen LogP contribution in [0.15, 0.2) is 200 Å². The minimum atomic E-state index is -4.51. The molecule has 0 fully saturated rings. The van der Waals surface area contributed by atoms with Gasteiger partial charge in [-0.3, -0.25) is 14.9 Å². The van der Waals surface area contributed by atoms with Gasteiger partial charge in [-0.1, -0.05) is 143 Å². The van der Waals surface area contributed by atoms with E-state index < -0.39 is 10.1 Å². The molecule has 0 unspecified atom stereocenters. The zero-order valence-electron chi connectivity index (χ0n) is 40.9. The minimum absolute atomic E-state index is 0. The summed E-state index contributed by atoms with van der Waals surface area (Å²) in [5, 5.41) is 41.7. The maximum Gasteiger partial charge on any atom is 1.00 e. The van der Waals surface area contributed by atoms with Gasteiger partial charge >= 0.3 is 59.1 Å². The average molecular weight is 1040 g/mol. The Hall–Kier alpha value is -6.85. The van der Waals surface area contributed by atoms with E-state index >= 15 is 0 Å². The fourth-order valence-electron chi connectivity index (χ4n) is 8.49. The molecular weight excluding hydrogens is 991 g/mol. The second-order valence-electron chi connectivity index (χ2n) is 17.1. The van der Waals surface area contributed by atoms with Crippen LogP contribution in [0.2, 0.25) is 0 Å². The third-order valence-corrected chi connectivity index (χ3v) is 12.7. The van der Waals surface area contributed by atoms with E-state index in [9.17, 15) is 18.2 Å². The van der Waals surface area contributed by atoms with Crippen LogP contribution in [0.3, 0.4) is 0 Å². The number of fused-ring (bicyclic) bond motifs is 3. The normalized spacial score (nSPS) is 11.2. The van der Waals surface area contributed by atoms with Gasteiger partial charge in [-0.2, -0.15) is 0 Å². The Morgan fingerprint density at radius 2 is 0.853 bits per heavy atom. The minimum Gasteiger partial charge on any atom is -0.744 e. The maximum atomic E-state index is 11.2. The third-order valence-electron chi connectivity index (χ3n) is 11.8. The van der Waals surface area contributed by atoms with Gasteiger partial charge in [-0.05, 0) is 75.3 Å². The molecule has 11 aromatic rings. The molecule has 0 saturated carbocycles. The van der Waals surface area contributed by atoms with E-state index in [1.165, 1.54) is 28.8 Å². The van der Waals surface area contributed by atoms with Gasteiger partial charge in [0.1, 0.15) is 10.1 Å². The first-order valence-corrected chi connectivity index (χ1v) is 24.4. The molecule has 0 aliphatic rings. The van der Waals surface area contributed by atoms with E-state index in [4.69, 9.17) is 0 Å². The predicted octanol–water partition coefficient (Wildman–Crippen LogP) is 1.42. The fraction of sp³-hybridized carbons (Fsp3) is 0.111. The van der Waals surface area contributed by atoms with Crippen LogP contribution in [0.4, 0.5) is 0 Å². The van der Waals surface area contributed by atoms with Gasteiger partial charge in [-0.15, -0.1) is 15.3 Å². The van der Waals surface area contributed by atoms with Crippen molar-refractivity contribution < 1.29 is 87.3 Å². The van der Waals surface area contributed by atoms with E-state index in [0.717, 1.165) is 50.1 Å². The first kappa shape index (κ1) is 54.4. The summed E-state index contributed by atoms with van der Waals surface area (Å²) in [6.07, 6.45) is 9.36. The number of benzene rings is 6. The summed E-state index contributed by atoms with van der Waals surface area (Å²) in [5.41, 5.74) is 11.0. The van der Waals surface area contributed by atoms with Crippen LogP contribution in [0.1, 0.15) is 33.8 Å². The SMILES string of the molecule is O=S(=O)([O-])c1ccc(-c2ccnc3c2ccc2c(-c4ccc(OO[O-])cc4)ccnc23)cc1.[Na+].[Na+].c1ccc(Cn2cc(CN(Cc3cn(Cc4ccccc4)nn3)Cc3cn(Cc4ccccc4)nn3)nn2)cc1. The molecule has 0 aliphatic heterocycles. The number of hydrogen-bond acceptors (Lipinski definition) is 15. The Labute approximate surface area is 475 Å². The standard InChI is InChI=1S/C30H30N10.C24H16N2O6S.2Na/c1-4-10-25(11-5-1)16-38-22-28(31-34-38)19-37(20-29-23-39(35-32-29)17-26-12-6-2-7-13-26)21-30-24-40(36-33-30)18-27-14-8-3-9-15-27;27-32-31-17-5-1-15(2-6-17)19-11-13-25-23-21(19)9-10-22-20(12-14-26-24(22)23)16-3-7-18(8-4-16)33(28,29)30;;/h1-15,22-24H,16-21H2;1-14,27H,(H,28,29,30);;/q;;2*+1/p-2. The largest absolute Gasteiger partial charge is 1.00 e. The van der Waals surface area contributed by atoms with Crippen molar-refractivity contribution in [3.05, 3.63) is 229 Å². The van der Waals surface area contributed by atoms with Crippen molar-refractivity contribution in [2.24, 2.45) is 0 Å². The van der Waals surface area contributed by atoms with Crippen LogP contribution in [-0.4, -0.2) is 72.8 Å². The smallest absolute Gasteiger partial charge is 0.744 e. The van der Waals surface area contributed by atoms with Gasteiger partial charge in [-0.25, -0.2) is 27.5 Å².